The van der Waals surface area contributed by atoms with Crippen molar-refractivity contribution >= 4 is 34.3 Å². The number of anilines is 1. The van der Waals surface area contributed by atoms with Gasteiger partial charge in [-0.2, -0.15) is 0 Å². The van der Waals surface area contributed by atoms with Crippen LogP contribution in [0.3, 0.4) is 0 Å². The van der Waals surface area contributed by atoms with Gasteiger partial charge in [-0.3, -0.25) is 14.2 Å². The highest BCUT2D eigenvalue weighted by atomic mass is 32.2. The molecule has 0 saturated heterocycles. The zero-order valence-corrected chi connectivity index (χ0v) is 16.9. The molecule has 1 aliphatic rings. The summed E-state index contributed by atoms with van der Waals surface area (Å²) in [5.41, 5.74) is 2.84. The Morgan fingerprint density at radius 3 is 2.75 bits per heavy atom. The number of aromatic nitrogens is 2. The van der Waals surface area contributed by atoms with Crippen LogP contribution in [-0.2, 0) is 11.2 Å². The van der Waals surface area contributed by atoms with E-state index < -0.39 is 0 Å². The number of nitrogens with zero attached hydrogens (tertiary/aromatic N) is 3. The van der Waals surface area contributed by atoms with Gasteiger partial charge in [-0.25, -0.2) is 4.98 Å². The summed E-state index contributed by atoms with van der Waals surface area (Å²) in [5, 5.41) is 1.23. The third-order valence-corrected chi connectivity index (χ3v) is 6.26. The highest BCUT2D eigenvalue weighted by Gasteiger charge is 2.25. The van der Waals surface area contributed by atoms with Gasteiger partial charge in [-0.15, -0.1) is 0 Å². The highest BCUT2D eigenvalue weighted by molar-refractivity contribution is 7.99. The van der Waals surface area contributed by atoms with E-state index in [1.165, 1.54) is 17.3 Å². The number of hydrogen-bond donors (Lipinski definition) is 0. The molecule has 1 atom stereocenters. The Labute approximate surface area is 168 Å². The number of para-hydroxylation sites is 2. The highest BCUT2D eigenvalue weighted by Crippen LogP contribution is 2.29. The van der Waals surface area contributed by atoms with Gasteiger partial charge in [0, 0.05) is 18.3 Å². The second kappa shape index (κ2) is 7.80. The molecule has 144 valence electrons. The van der Waals surface area contributed by atoms with Crippen molar-refractivity contribution in [1.82, 2.24) is 9.55 Å². The van der Waals surface area contributed by atoms with Crippen LogP contribution in [0.2, 0.25) is 0 Å². The third kappa shape index (κ3) is 3.33. The van der Waals surface area contributed by atoms with Gasteiger partial charge in [0.2, 0.25) is 5.91 Å². The minimum absolute atomic E-state index is 0.0229. The number of rotatable bonds is 5. The van der Waals surface area contributed by atoms with Gasteiger partial charge in [0.15, 0.2) is 5.16 Å². The van der Waals surface area contributed by atoms with Crippen molar-refractivity contribution < 1.29 is 4.79 Å². The van der Waals surface area contributed by atoms with Gasteiger partial charge in [0.05, 0.1) is 16.7 Å². The fraction of sp³-hybridized carbons (Fsp3) is 0.318. The van der Waals surface area contributed by atoms with Crippen molar-refractivity contribution in [1.29, 1.82) is 0 Å². The predicted octanol–water partition coefficient (Wildman–Crippen LogP) is 4.05. The van der Waals surface area contributed by atoms with E-state index in [4.69, 9.17) is 4.98 Å². The van der Waals surface area contributed by atoms with Crippen molar-refractivity contribution in [2.24, 2.45) is 0 Å². The number of benzene rings is 2. The second-order valence-corrected chi connectivity index (χ2v) is 8.00. The number of fused-ring (bicyclic) bond motifs is 2. The molecule has 2 aromatic carbocycles. The number of carbonyl (C=O) groups is 1. The molecular formula is C22H23N3O2S. The molecule has 0 spiro atoms. The third-order valence-electron chi connectivity index (χ3n) is 5.32. The summed E-state index contributed by atoms with van der Waals surface area (Å²) < 4.78 is 1.73. The lowest BCUT2D eigenvalue weighted by atomic mass is 10.2. The van der Waals surface area contributed by atoms with Gasteiger partial charge in [-0.1, -0.05) is 49.0 Å². The Kier molecular flexibility index (Phi) is 5.22. The number of amides is 1. The number of hydrogen-bond acceptors (Lipinski definition) is 4. The molecule has 1 amide bonds. The molecule has 2 heterocycles. The van der Waals surface area contributed by atoms with E-state index >= 15 is 0 Å². The van der Waals surface area contributed by atoms with Gasteiger partial charge in [0.25, 0.3) is 5.56 Å². The molecule has 0 saturated carbocycles. The Hall–Kier alpha value is -2.60. The van der Waals surface area contributed by atoms with Crippen LogP contribution in [0.25, 0.3) is 10.9 Å². The Balaban J connectivity index is 1.63. The van der Waals surface area contributed by atoms with E-state index in [2.05, 4.69) is 6.07 Å². The topological polar surface area (TPSA) is 55.2 Å². The lowest BCUT2D eigenvalue weighted by Gasteiger charge is -2.20. The second-order valence-electron chi connectivity index (χ2n) is 7.06. The van der Waals surface area contributed by atoms with Crippen LogP contribution in [0.1, 0.15) is 31.9 Å². The first-order valence-electron chi connectivity index (χ1n) is 9.62. The van der Waals surface area contributed by atoms with E-state index in [1.807, 2.05) is 61.2 Å². The number of carbonyl (C=O) groups excluding carboxylic acids is 1. The first-order chi connectivity index (χ1) is 13.6. The summed E-state index contributed by atoms with van der Waals surface area (Å²) in [5.74, 6) is 0.309. The monoisotopic (exact) mass is 393 g/mol. The summed E-state index contributed by atoms with van der Waals surface area (Å²) >= 11 is 1.35. The quantitative estimate of drug-likeness (QED) is 0.485. The summed E-state index contributed by atoms with van der Waals surface area (Å²) in [4.78, 5) is 32.4. The fourth-order valence-corrected chi connectivity index (χ4v) is 4.57. The standard InChI is InChI=1S/C22H23N3O2S/c1-3-15(2)25-21(27)17-9-5-6-10-18(17)23-22(25)28-14-20(26)24-13-12-16-8-4-7-11-19(16)24/h4-11,15H,3,12-14H2,1-2H3/t15-/m1/s1. The molecule has 28 heavy (non-hydrogen) atoms. The fourth-order valence-electron chi connectivity index (χ4n) is 3.60. The molecule has 0 fully saturated rings. The smallest absolute Gasteiger partial charge is 0.262 e. The largest absolute Gasteiger partial charge is 0.311 e. The molecule has 0 radical (unpaired) electrons. The summed E-state index contributed by atoms with van der Waals surface area (Å²) in [6, 6.07) is 15.4. The predicted molar refractivity (Wildman–Crippen MR) is 114 cm³/mol. The lowest BCUT2D eigenvalue weighted by molar-refractivity contribution is -0.116. The number of thioether (sulfide) groups is 1. The lowest BCUT2D eigenvalue weighted by Crippen LogP contribution is -2.31. The molecule has 0 N–H and O–H groups in total. The average molecular weight is 394 g/mol. The Morgan fingerprint density at radius 1 is 1.18 bits per heavy atom. The van der Waals surface area contributed by atoms with Crippen molar-refractivity contribution in [3.05, 3.63) is 64.4 Å². The van der Waals surface area contributed by atoms with E-state index in [0.29, 0.717) is 22.6 Å². The normalized spacial score (nSPS) is 14.3. The van der Waals surface area contributed by atoms with Gasteiger partial charge >= 0.3 is 0 Å². The molecule has 0 aliphatic carbocycles. The maximum atomic E-state index is 13.0. The molecule has 4 rings (SSSR count). The van der Waals surface area contributed by atoms with Crippen molar-refractivity contribution in [3.8, 4) is 0 Å². The van der Waals surface area contributed by atoms with E-state index in [1.54, 1.807) is 4.57 Å². The molecule has 5 nitrogen and oxygen atoms in total. The summed E-state index contributed by atoms with van der Waals surface area (Å²) in [6.45, 7) is 4.77. The zero-order valence-electron chi connectivity index (χ0n) is 16.1. The Bertz CT molecular complexity index is 1090. The van der Waals surface area contributed by atoms with Crippen molar-refractivity contribution in [2.75, 3.05) is 17.2 Å². The zero-order chi connectivity index (χ0) is 19.7. The van der Waals surface area contributed by atoms with Crippen LogP contribution >= 0.6 is 11.8 Å². The van der Waals surface area contributed by atoms with Crippen LogP contribution in [0.5, 0.6) is 0 Å². The molecule has 0 unspecified atom stereocenters. The average Bonchev–Trinajstić information content (AvgIpc) is 3.16. The van der Waals surface area contributed by atoms with Crippen LogP contribution in [-0.4, -0.2) is 27.8 Å². The molecular weight excluding hydrogens is 370 g/mol. The molecule has 3 aromatic rings. The molecule has 1 aliphatic heterocycles. The van der Waals surface area contributed by atoms with Crippen molar-refractivity contribution in [2.45, 2.75) is 37.9 Å². The van der Waals surface area contributed by atoms with Crippen LogP contribution in [0.4, 0.5) is 5.69 Å². The van der Waals surface area contributed by atoms with E-state index in [0.717, 1.165) is 18.5 Å². The maximum absolute atomic E-state index is 13.0. The maximum Gasteiger partial charge on any atom is 0.262 e. The summed E-state index contributed by atoms with van der Waals surface area (Å²) in [7, 11) is 0. The van der Waals surface area contributed by atoms with Gasteiger partial charge in [0.1, 0.15) is 0 Å². The first-order valence-corrected chi connectivity index (χ1v) is 10.6. The van der Waals surface area contributed by atoms with Crippen LogP contribution in [0, 0.1) is 0 Å². The minimum atomic E-state index is -0.0404. The first kappa shape index (κ1) is 18.7. The molecule has 0 bridgehead atoms. The summed E-state index contributed by atoms with van der Waals surface area (Å²) in [6.07, 6.45) is 1.71. The van der Waals surface area contributed by atoms with Gasteiger partial charge in [-0.05, 0) is 43.5 Å². The Morgan fingerprint density at radius 2 is 1.93 bits per heavy atom. The minimum Gasteiger partial charge on any atom is -0.311 e. The molecule has 6 heteroatoms. The van der Waals surface area contributed by atoms with Gasteiger partial charge < -0.3 is 4.90 Å². The van der Waals surface area contributed by atoms with E-state index in [9.17, 15) is 9.59 Å². The van der Waals surface area contributed by atoms with E-state index in [-0.39, 0.29) is 23.3 Å². The molecule has 1 aromatic heterocycles. The van der Waals surface area contributed by atoms with Crippen LogP contribution < -0.4 is 10.5 Å². The van der Waals surface area contributed by atoms with Crippen LogP contribution in [0.15, 0.2) is 58.5 Å². The SMILES string of the molecule is CC[C@@H](C)n1c(SCC(=O)N2CCc3ccccc32)nc2ccccc2c1=O. The van der Waals surface area contributed by atoms with Crippen molar-refractivity contribution in [3.63, 3.8) is 0 Å².